The number of nitrogens with one attached hydrogen (secondary N) is 6. The normalized spacial score (nSPS) is 18.4. The lowest BCUT2D eigenvalue weighted by Crippen LogP contribution is -2.59. The smallest absolute Gasteiger partial charge is 0.408 e. The minimum atomic E-state index is -4.33. The van der Waals surface area contributed by atoms with Crippen molar-refractivity contribution < 1.29 is 62.0 Å². The molecule has 0 aliphatic carbocycles. The fraction of sp³-hybridized carbons (Fsp3) is 0.532. The van der Waals surface area contributed by atoms with E-state index < -0.39 is 127 Å². The summed E-state index contributed by atoms with van der Waals surface area (Å²) < 4.78 is 29.3. The molecule has 5 amide bonds. The minimum absolute atomic E-state index is 0.0281. The molecule has 9 atom stereocenters. The molecular weight excluding hydrogens is 1010 g/mol. The Bertz CT molecular complexity index is 2690. The van der Waals surface area contributed by atoms with Crippen LogP contribution in [0.2, 0.25) is 0 Å². The highest BCUT2D eigenvalue weighted by molar-refractivity contribution is 8.07. The molecule has 2 heterocycles. The summed E-state index contributed by atoms with van der Waals surface area (Å²) >= 11 is 5.21. The molecule has 0 saturated carbocycles. The van der Waals surface area contributed by atoms with Crippen LogP contribution < -0.4 is 42.6 Å². The van der Waals surface area contributed by atoms with E-state index in [4.69, 9.17) is 35.1 Å². The summed E-state index contributed by atoms with van der Waals surface area (Å²) in [5, 5.41) is 25.8. The third-order valence-electron chi connectivity index (χ3n) is 10.8. The number of aromatic nitrogens is 2. The van der Waals surface area contributed by atoms with E-state index in [1.54, 1.807) is 82.3 Å². The lowest BCUT2D eigenvalue weighted by Gasteiger charge is -2.27. The van der Waals surface area contributed by atoms with Gasteiger partial charge in [-0.15, -0.1) is 0 Å². The van der Waals surface area contributed by atoms with Crippen molar-refractivity contribution in [1.82, 2.24) is 36.1 Å². The number of alkyl carbamates (subject to hydrolysis) is 1. The second kappa shape index (κ2) is 26.5. The van der Waals surface area contributed by atoms with Crippen LogP contribution in [0, 0.1) is 6.92 Å². The molecule has 74 heavy (non-hydrogen) atoms. The number of azide groups is 1. The van der Waals surface area contributed by atoms with Gasteiger partial charge in [-0.3, -0.25) is 38.3 Å². The molecule has 25 nitrogen and oxygen atoms in total. The molecule has 3 aromatic rings. The number of amides is 5. The van der Waals surface area contributed by atoms with Gasteiger partial charge < -0.3 is 59.8 Å². The summed E-state index contributed by atoms with van der Waals surface area (Å²) in [6, 6.07) is 7.32. The van der Waals surface area contributed by atoms with Gasteiger partial charge in [-0.2, -0.15) is 0 Å². The van der Waals surface area contributed by atoms with Crippen LogP contribution in [0.3, 0.4) is 0 Å². The molecule has 0 bridgehead atoms. The molecule has 2 unspecified atom stereocenters. The lowest BCUT2D eigenvalue weighted by atomic mass is 10.0. The Hall–Kier alpha value is -6.66. The quantitative estimate of drug-likeness (QED) is 0.0277. The topological polar surface area (TPSA) is 353 Å². The van der Waals surface area contributed by atoms with E-state index in [9.17, 15) is 53.9 Å². The van der Waals surface area contributed by atoms with E-state index in [2.05, 4.69) is 41.6 Å². The van der Waals surface area contributed by atoms with Gasteiger partial charge in [0.1, 0.15) is 53.4 Å². The zero-order chi connectivity index (χ0) is 55.1. The average Bonchev–Trinajstić information content (AvgIpc) is 3.71. The standard InChI is InChI=1S/C47H65N10O15PS/c1-10-31(39(59)51-34(20-28-14-12-11-13-15-28)41(61)52-33(40(60)49-27(3)43(63)64)21-29-16-18-30(19-17-29)71-46(4,5)6)50-42(62)35(53-45(66)72-47(7,8)9)24-68-73(67,74)69-25-36-32(55-56-48)22-37(70-36)57-23-26(2)38(58)54-44(57)65/h11-19,23,27,31-37H,10,20-22,24-25H2,1-9H3,(H,49,60)(H,50,62)(H,51,59)(H,52,61)(H,53,66)(H,63,64)(H,67,74)(H,54,58,65)/t27-,31-,32-,33-,34-,35-,36+,37?,73?/m0/s1. The van der Waals surface area contributed by atoms with Gasteiger partial charge >= 0.3 is 24.5 Å². The van der Waals surface area contributed by atoms with Crippen LogP contribution in [0.15, 0.2) is 75.5 Å². The summed E-state index contributed by atoms with van der Waals surface area (Å²) in [4.78, 5) is 121. The summed E-state index contributed by atoms with van der Waals surface area (Å²) in [6.07, 6.45) is -2.20. The van der Waals surface area contributed by atoms with Crippen molar-refractivity contribution in [2.75, 3.05) is 13.2 Å². The predicted octanol–water partition coefficient (Wildman–Crippen LogP) is 3.07. The van der Waals surface area contributed by atoms with Crippen molar-refractivity contribution in [1.29, 1.82) is 0 Å². The number of H-pyrrole nitrogens is 1. The SMILES string of the molecule is CC[C@H](NC(=O)[C@H](COP(O)(=S)OC[C@H]1OC(n2cc(C)c(=O)[nH]c2=O)C[C@@H]1N=[N+]=[N-])NC(=O)OC(C)(C)C)C(=O)N[C@@H](Cc1ccccc1)C(=O)N[C@@H](Cc1ccc(OC(C)(C)C)cc1)C(=O)N[C@@H](C)C(=O)O. The first-order chi connectivity index (χ1) is 34.6. The maximum atomic E-state index is 14.3. The van der Waals surface area contributed by atoms with Crippen molar-refractivity contribution in [2.24, 2.45) is 5.11 Å². The van der Waals surface area contributed by atoms with Gasteiger partial charge in [-0.1, -0.05) is 54.5 Å². The number of carbonyl (C=O) groups is 6. The molecule has 1 aromatic heterocycles. The number of aliphatic carboxylic acids is 1. The predicted molar refractivity (Wildman–Crippen MR) is 271 cm³/mol. The molecule has 27 heteroatoms. The molecule has 1 fully saturated rings. The second-order valence-electron chi connectivity index (χ2n) is 19.3. The molecule has 4 rings (SSSR count). The highest BCUT2D eigenvalue weighted by atomic mass is 32.5. The molecule has 2 aromatic carbocycles. The Kier molecular flexibility index (Phi) is 21.5. The fourth-order valence-corrected chi connectivity index (χ4v) is 8.24. The summed E-state index contributed by atoms with van der Waals surface area (Å²) in [7, 11) is 0. The van der Waals surface area contributed by atoms with Crippen LogP contribution in [0.1, 0.15) is 91.1 Å². The number of ether oxygens (including phenoxy) is 3. The Morgan fingerprint density at radius 3 is 1.96 bits per heavy atom. The van der Waals surface area contributed by atoms with Crippen LogP contribution in [0.5, 0.6) is 5.75 Å². The van der Waals surface area contributed by atoms with Crippen LogP contribution in [-0.2, 0) is 67.1 Å². The van der Waals surface area contributed by atoms with E-state index in [1.807, 2.05) is 20.8 Å². The van der Waals surface area contributed by atoms with E-state index >= 15 is 0 Å². The molecule has 1 aliphatic rings. The number of aromatic amines is 1. The van der Waals surface area contributed by atoms with Gasteiger partial charge in [0.25, 0.3) is 5.56 Å². The zero-order valence-electron chi connectivity index (χ0n) is 42.5. The Morgan fingerprint density at radius 1 is 0.851 bits per heavy atom. The number of carbonyl (C=O) groups excluding carboxylic acids is 5. The van der Waals surface area contributed by atoms with Crippen molar-refractivity contribution in [3.63, 3.8) is 0 Å². The first-order valence-electron chi connectivity index (χ1n) is 23.5. The molecule has 1 aliphatic heterocycles. The maximum Gasteiger partial charge on any atom is 0.408 e. The number of rotatable bonds is 24. The van der Waals surface area contributed by atoms with Crippen LogP contribution in [0.4, 0.5) is 4.79 Å². The molecule has 8 N–H and O–H groups in total. The molecule has 0 spiro atoms. The summed E-state index contributed by atoms with van der Waals surface area (Å²) in [5.41, 5.74) is 7.68. The van der Waals surface area contributed by atoms with Crippen LogP contribution >= 0.6 is 6.72 Å². The first kappa shape index (κ1) is 59.9. The van der Waals surface area contributed by atoms with Crippen molar-refractivity contribution in [3.05, 3.63) is 109 Å². The van der Waals surface area contributed by atoms with E-state index in [0.717, 1.165) is 4.57 Å². The second-order valence-corrected chi connectivity index (χ2v) is 22.1. The Morgan fingerprint density at radius 2 is 1.41 bits per heavy atom. The number of hydrogen-bond donors (Lipinski definition) is 8. The van der Waals surface area contributed by atoms with Crippen molar-refractivity contribution in [2.45, 2.75) is 148 Å². The number of carboxylic acid groups (broad SMARTS) is 1. The third-order valence-corrected chi connectivity index (χ3v) is 12.4. The molecular formula is C47H65N10O15PS. The van der Waals surface area contributed by atoms with E-state index in [0.29, 0.717) is 16.9 Å². The van der Waals surface area contributed by atoms with E-state index in [1.165, 1.54) is 20.0 Å². The van der Waals surface area contributed by atoms with Crippen LogP contribution in [0.25, 0.3) is 10.4 Å². The van der Waals surface area contributed by atoms with Crippen molar-refractivity contribution >= 4 is 54.2 Å². The highest BCUT2D eigenvalue weighted by Crippen LogP contribution is 2.45. The van der Waals surface area contributed by atoms with Crippen LogP contribution in [-0.4, -0.2) is 122 Å². The largest absolute Gasteiger partial charge is 0.488 e. The van der Waals surface area contributed by atoms with Crippen molar-refractivity contribution in [3.8, 4) is 5.75 Å². The number of carboxylic acids is 1. The molecule has 1 saturated heterocycles. The maximum absolute atomic E-state index is 14.3. The Labute approximate surface area is 431 Å². The average molecular weight is 1070 g/mol. The first-order valence-corrected chi connectivity index (χ1v) is 26.0. The van der Waals surface area contributed by atoms with Gasteiger partial charge in [0, 0.05) is 35.9 Å². The Balaban J connectivity index is 1.53. The minimum Gasteiger partial charge on any atom is -0.488 e. The summed E-state index contributed by atoms with van der Waals surface area (Å²) in [5.74, 6) is -4.28. The number of aryl methyl sites for hydroxylation is 1. The number of nitrogens with zero attached hydrogens (tertiary/aromatic N) is 4. The van der Waals surface area contributed by atoms with Gasteiger partial charge in [0.2, 0.25) is 23.6 Å². The number of hydrogen-bond acceptors (Lipinski definition) is 15. The highest BCUT2D eigenvalue weighted by Gasteiger charge is 2.39. The van der Waals surface area contributed by atoms with Gasteiger partial charge in [-0.05, 0) is 102 Å². The summed E-state index contributed by atoms with van der Waals surface area (Å²) in [6.45, 7) is 8.93. The fourth-order valence-electron chi connectivity index (χ4n) is 7.13. The zero-order valence-corrected chi connectivity index (χ0v) is 44.2. The van der Waals surface area contributed by atoms with Gasteiger partial charge in [-0.25, -0.2) is 9.59 Å². The number of benzene rings is 2. The van der Waals surface area contributed by atoms with Gasteiger partial charge in [0.15, 0.2) is 0 Å². The molecule has 404 valence electrons. The van der Waals surface area contributed by atoms with E-state index in [-0.39, 0.29) is 31.2 Å². The molecule has 0 radical (unpaired) electrons. The monoisotopic (exact) mass is 1070 g/mol. The third kappa shape index (κ3) is 19.3. The lowest BCUT2D eigenvalue weighted by molar-refractivity contribution is -0.141. The van der Waals surface area contributed by atoms with Gasteiger partial charge in [0.05, 0.1) is 25.4 Å².